The molecule has 1 heterocycles. The van der Waals surface area contributed by atoms with E-state index in [2.05, 4.69) is 41.4 Å². The summed E-state index contributed by atoms with van der Waals surface area (Å²) in [6.45, 7) is 4.74. The van der Waals surface area contributed by atoms with E-state index in [1.807, 2.05) is 0 Å². The van der Waals surface area contributed by atoms with E-state index in [0.29, 0.717) is 11.3 Å². The standard InChI is InChI=1S/C21H25N3O2/c1-15-4-6-16(7-5-15)13-24-12-2-3-18(14-24)21(26)23-19-10-8-17(9-11-19)20(22)25/h4-11,18H,2-3,12-14H2,1H3,(H2,22,25)(H,23,26). The first kappa shape index (κ1) is 18.1. The van der Waals surface area contributed by atoms with Crippen molar-refractivity contribution in [1.29, 1.82) is 0 Å². The molecule has 0 aliphatic carbocycles. The van der Waals surface area contributed by atoms with E-state index in [1.54, 1.807) is 24.3 Å². The van der Waals surface area contributed by atoms with Crippen LogP contribution in [0.4, 0.5) is 5.69 Å². The minimum atomic E-state index is -0.470. The quantitative estimate of drug-likeness (QED) is 0.870. The molecule has 0 spiro atoms. The molecule has 0 aromatic heterocycles. The number of amides is 2. The number of aryl methyl sites for hydroxylation is 1. The van der Waals surface area contributed by atoms with Crippen LogP contribution in [-0.4, -0.2) is 29.8 Å². The van der Waals surface area contributed by atoms with Crippen molar-refractivity contribution in [3.05, 3.63) is 65.2 Å². The molecule has 1 saturated heterocycles. The largest absolute Gasteiger partial charge is 0.366 e. The van der Waals surface area contributed by atoms with Gasteiger partial charge in [0.1, 0.15) is 0 Å². The van der Waals surface area contributed by atoms with Gasteiger partial charge >= 0.3 is 0 Å². The van der Waals surface area contributed by atoms with Crippen LogP contribution < -0.4 is 11.1 Å². The highest BCUT2D eigenvalue weighted by Crippen LogP contribution is 2.21. The van der Waals surface area contributed by atoms with Gasteiger partial charge in [0.15, 0.2) is 0 Å². The number of nitrogens with two attached hydrogens (primary N) is 1. The van der Waals surface area contributed by atoms with Gasteiger partial charge in [0.2, 0.25) is 11.8 Å². The Kier molecular flexibility index (Phi) is 5.68. The zero-order valence-corrected chi connectivity index (χ0v) is 15.1. The molecule has 0 radical (unpaired) electrons. The SMILES string of the molecule is Cc1ccc(CN2CCCC(C(=O)Nc3ccc(C(N)=O)cc3)C2)cc1. The molecule has 2 amide bonds. The first-order chi connectivity index (χ1) is 12.5. The molecule has 1 fully saturated rings. The number of nitrogens with one attached hydrogen (secondary N) is 1. The highest BCUT2D eigenvalue weighted by atomic mass is 16.2. The van der Waals surface area contributed by atoms with E-state index in [9.17, 15) is 9.59 Å². The molecule has 0 saturated carbocycles. The Bertz CT molecular complexity index is 769. The minimum Gasteiger partial charge on any atom is -0.366 e. The maximum atomic E-state index is 12.6. The van der Waals surface area contributed by atoms with Gasteiger partial charge < -0.3 is 11.1 Å². The first-order valence-electron chi connectivity index (χ1n) is 9.00. The monoisotopic (exact) mass is 351 g/mol. The average Bonchev–Trinajstić information content (AvgIpc) is 2.64. The van der Waals surface area contributed by atoms with Gasteiger partial charge in [-0.3, -0.25) is 14.5 Å². The summed E-state index contributed by atoms with van der Waals surface area (Å²) in [7, 11) is 0. The number of rotatable bonds is 5. The van der Waals surface area contributed by atoms with Gasteiger partial charge in [-0.25, -0.2) is 0 Å². The van der Waals surface area contributed by atoms with E-state index in [-0.39, 0.29) is 11.8 Å². The second kappa shape index (κ2) is 8.15. The summed E-state index contributed by atoms with van der Waals surface area (Å²) in [5.41, 5.74) is 8.90. The van der Waals surface area contributed by atoms with E-state index >= 15 is 0 Å². The molecule has 1 atom stereocenters. The van der Waals surface area contributed by atoms with Gasteiger partial charge in [-0.1, -0.05) is 29.8 Å². The molecule has 3 N–H and O–H groups in total. The number of primary amides is 1. The lowest BCUT2D eigenvalue weighted by Crippen LogP contribution is -2.40. The van der Waals surface area contributed by atoms with Crippen molar-refractivity contribution in [3.63, 3.8) is 0 Å². The number of hydrogen-bond acceptors (Lipinski definition) is 3. The van der Waals surface area contributed by atoms with Gasteiger partial charge in [0.05, 0.1) is 5.92 Å². The van der Waals surface area contributed by atoms with Gasteiger partial charge in [0, 0.05) is 24.3 Å². The van der Waals surface area contributed by atoms with E-state index in [0.717, 1.165) is 32.5 Å². The third kappa shape index (κ3) is 4.70. The highest BCUT2D eigenvalue weighted by Gasteiger charge is 2.25. The normalized spacial score (nSPS) is 17.7. The highest BCUT2D eigenvalue weighted by molar-refractivity contribution is 5.95. The molecule has 3 rings (SSSR count). The van der Waals surface area contributed by atoms with Gasteiger partial charge in [-0.15, -0.1) is 0 Å². The number of hydrogen-bond donors (Lipinski definition) is 2. The molecule has 136 valence electrons. The number of benzene rings is 2. The maximum absolute atomic E-state index is 12.6. The first-order valence-corrected chi connectivity index (χ1v) is 9.00. The number of carbonyl (C=O) groups is 2. The predicted octanol–water partition coefficient (Wildman–Crippen LogP) is 2.94. The number of nitrogens with zero attached hydrogens (tertiary/aromatic N) is 1. The van der Waals surface area contributed by atoms with Crippen molar-refractivity contribution in [2.75, 3.05) is 18.4 Å². The summed E-state index contributed by atoms with van der Waals surface area (Å²) < 4.78 is 0. The van der Waals surface area contributed by atoms with Crippen LogP contribution >= 0.6 is 0 Å². The fraction of sp³-hybridized carbons (Fsp3) is 0.333. The molecular formula is C21H25N3O2. The Balaban J connectivity index is 1.57. The number of likely N-dealkylation sites (tertiary alicyclic amines) is 1. The van der Waals surface area contributed by atoms with Gasteiger partial charge in [0.25, 0.3) is 0 Å². The van der Waals surface area contributed by atoms with Crippen LogP contribution in [0.5, 0.6) is 0 Å². The zero-order chi connectivity index (χ0) is 18.5. The molecule has 1 unspecified atom stereocenters. The number of carbonyl (C=O) groups excluding carboxylic acids is 2. The average molecular weight is 351 g/mol. The van der Waals surface area contributed by atoms with Crippen LogP contribution in [0.3, 0.4) is 0 Å². The third-order valence-electron chi connectivity index (χ3n) is 4.84. The van der Waals surface area contributed by atoms with Gasteiger partial charge in [-0.05, 0) is 56.1 Å². The lowest BCUT2D eigenvalue weighted by molar-refractivity contribution is -0.121. The zero-order valence-electron chi connectivity index (χ0n) is 15.1. The van der Waals surface area contributed by atoms with Gasteiger partial charge in [-0.2, -0.15) is 0 Å². The fourth-order valence-electron chi connectivity index (χ4n) is 3.33. The molecule has 2 aromatic carbocycles. The summed E-state index contributed by atoms with van der Waals surface area (Å²) in [5.74, 6) is -0.461. The molecule has 1 aliphatic heterocycles. The minimum absolute atomic E-state index is 0.0231. The Hall–Kier alpha value is -2.66. The molecule has 0 bridgehead atoms. The van der Waals surface area contributed by atoms with Crippen LogP contribution in [0.25, 0.3) is 0 Å². The predicted molar refractivity (Wildman–Crippen MR) is 103 cm³/mol. The topological polar surface area (TPSA) is 75.4 Å². The van der Waals surface area contributed by atoms with E-state index in [4.69, 9.17) is 5.73 Å². The molecular weight excluding hydrogens is 326 g/mol. The maximum Gasteiger partial charge on any atom is 0.248 e. The second-order valence-electron chi connectivity index (χ2n) is 6.99. The molecule has 5 heteroatoms. The Morgan fingerprint density at radius 1 is 1.12 bits per heavy atom. The van der Waals surface area contributed by atoms with Crippen LogP contribution in [-0.2, 0) is 11.3 Å². The molecule has 26 heavy (non-hydrogen) atoms. The Labute approximate surface area is 154 Å². The van der Waals surface area contributed by atoms with Crippen molar-refractivity contribution >= 4 is 17.5 Å². The number of piperidine rings is 1. The summed E-state index contributed by atoms with van der Waals surface area (Å²) >= 11 is 0. The summed E-state index contributed by atoms with van der Waals surface area (Å²) in [6.07, 6.45) is 1.92. The van der Waals surface area contributed by atoms with Crippen LogP contribution in [0.1, 0.15) is 34.3 Å². The summed E-state index contributed by atoms with van der Waals surface area (Å²) in [6, 6.07) is 15.2. The van der Waals surface area contributed by atoms with Crippen LogP contribution in [0, 0.1) is 12.8 Å². The van der Waals surface area contributed by atoms with Crippen molar-refractivity contribution in [2.45, 2.75) is 26.3 Å². The fourth-order valence-corrected chi connectivity index (χ4v) is 3.33. The van der Waals surface area contributed by atoms with Crippen molar-refractivity contribution in [2.24, 2.45) is 11.7 Å². The van der Waals surface area contributed by atoms with Crippen LogP contribution in [0.2, 0.25) is 0 Å². The van der Waals surface area contributed by atoms with Crippen molar-refractivity contribution in [1.82, 2.24) is 4.90 Å². The Morgan fingerprint density at radius 2 is 1.81 bits per heavy atom. The lowest BCUT2D eigenvalue weighted by atomic mass is 9.96. The molecule has 5 nitrogen and oxygen atoms in total. The molecule has 2 aromatic rings. The Morgan fingerprint density at radius 3 is 2.46 bits per heavy atom. The van der Waals surface area contributed by atoms with Crippen LogP contribution in [0.15, 0.2) is 48.5 Å². The third-order valence-corrected chi connectivity index (χ3v) is 4.84. The van der Waals surface area contributed by atoms with E-state index < -0.39 is 5.91 Å². The van der Waals surface area contributed by atoms with Crippen molar-refractivity contribution in [3.8, 4) is 0 Å². The second-order valence-corrected chi connectivity index (χ2v) is 6.99. The summed E-state index contributed by atoms with van der Waals surface area (Å²) in [5, 5.41) is 2.95. The lowest BCUT2D eigenvalue weighted by Gasteiger charge is -2.32. The number of anilines is 1. The smallest absolute Gasteiger partial charge is 0.248 e. The van der Waals surface area contributed by atoms with Crippen molar-refractivity contribution < 1.29 is 9.59 Å². The summed E-state index contributed by atoms with van der Waals surface area (Å²) in [4.78, 5) is 26.1. The van der Waals surface area contributed by atoms with E-state index in [1.165, 1.54) is 11.1 Å². The molecule has 1 aliphatic rings.